The second-order valence-electron chi connectivity index (χ2n) is 8.86. The van der Waals surface area contributed by atoms with E-state index in [-0.39, 0.29) is 5.91 Å². The van der Waals surface area contributed by atoms with Crippen molar-refractivity contribution < 1.29 is 14.3 Å². The highest BCUT2D eigenvalue weighted by Gasteiger charge is 2.34. The third-order valence-electron chi connectivity index (χ3n) is 6.43. The fourth-order valence-electron chi connectivity index (χ4n) is 4.49. The highest BCUT2D eigenvalue weighted by Crippen LogP contribution is 2.39. The van der Waals surface area contributed by atoms with Crippen LogP contribution in [0, 0.1) is 6.92 Å². The molecule has 0 fully saturated rings. The minimum Gasteiger partial charge on any atom is -0.493 e. The number of nitrogens with zero attached hydrogens (tertiary/aromatic N) is 3. The zero-order chi connectivity index (χ0) is 25.8. The Hall–Kier alpha value is -4.59. The first kappa shape index (κ1) is 24.1. The minimum atomic E-state index is -0.505. The molecule has 1 amide bonds. The van der Waals surface area contributed by atoms with Crippen LogP contribution >= 0.6 is 0 Å². The molecule has 8 nitrogen and oxygen atoms in total. The molecule has 2 N–H and O–H groups in total. The molecule has 1 aliphatic heterocycles. The van der Waals surface area contributed by atoms with E-state index >= 15 is 0 Å². The molecule has 0 saturated carbocycles. The van der Waals surface area contributed by atoms with Gasteiger partial charge >= 0.3 is 0 Å². The maximum absolute atomic E-state index is 13.6. The smallest absolute Gasteiger partial charge is 0.255 e. The number of benzene rings is 3. The molecule has 1 aliphatic rings. The molecular weight excluding hydrogens is 466 g/mol. The zero-order valence-corrected chi connectivity index (χ0v) is 21.1. The second-order valence-corrected chi connectivity index (χ2v) is 8.86. The summed E-state index contributed by atoms with van der Waals surface area (Å²) in [6.45, 7) is 4.35. The number of nitrogens with one attached hydrogen (secondary N) is 2. The average Bonchev–Trinajstić information content (AvgIpc) is 3.38. The Labute approximate surface area is 216 Å². The lowest BCUT2D eigenvalue weighted by molar-refractivity contribution is -0.113. The van der Waals surface area contributed by atoms with Crippen LogP contribution < -0.4 is 20.1 Å². The fourth-order valence-corrected chi connectivity index (χ4v) is 4.49. The summed E-state index contributed by atoms with van der Waals surface area (Å²) in [6, 6.07) is 23.1. The van der Waals surface area contributed by atoms with Gasteiger partial charge in [-0.05, 0) is 48.7 Å². The van der Waals surface area contributed by atoms with Crippen LogP contribution in [0.25, 0.3) is 0 Å². The third-order valence-corrected chi connectivity index (χ3v) is 6.43. The summed E-state index contributed by atoms with van der Waals surface area (Å²) in [4.78, 5) is 17.9. The maximum Gasteiger partial charge on any atom is 0.255 e. The van der Waals surface area contributed by atoms with Gasteiger partial charge in [0.05, 0.1) is 19.3 Å². The van der Waals surface area contributed by atoms with E-state index in [0.29, 0.717) is 35.3 Å². The Morgan fingerprint density at radius 1 is 1.03 bits per heavy atom. The number of rotatable bonds is 8. The lowest BCUT2D eigenvalue weighted by atomic mass is 9.94. The molecule has 0 spiro atoms. The number of hydrogen-bond donors (Lipinski definition) is 2. The van der Waals surface area contributed by atoms with Crippen LogP contribution in [-0.2, 0) is 11.2 Å². The van der Waals surface area contributed by atoms with Gasteiger partial charge in [0.2, 0.25) is 5.95 Å². The number of hydrogen-bond acceptors (Lipinski definition) is 6. The van der Waals surface area contributed by atoms with Crippen LogP contribution in [0.4, 0.5) is 11.6 Å². The van der Waals surface area contributed by atoms with Crippen molar-refractivity contribution in [2.45, 2.75) is 26.3 Å². The van der Waals surface area contributed by atoms with Crippen LogP contribution in [0.15, 0.2) is 90.4 Å². The van der Waals surface area contributed by atoms with E-state index in [9.17, 15) is 4.79 Å². The summed E-state index contributed by atoms with van der Waals surface area (Å²) in [5.74, 6) is 1.58. The zero-order valence-electron chi connectivity index (χ0n) is 21.1. The topological polar surface area (TPSA) is 90.3 Å². The van der Waals surface area contributed by atoms with Gasteiger partial charge in [-0.15, -0.1) is 0 Å². The first-order chi connectivity index (χ1) is 18.0. The van der Waals surface area contributed by atoms with Gasteiger partial charge in [-0.25, -0.2) is 4.68 Å². The summed E-state index contributed by atoms with van der Waals surface area (Å²) < 4.78 is 13.4. The average molecular weight is 496 g/mol. The molecule has 37 heavy (non-hydrogen) atoms. The summed E-state index contributed by atoms with van der Waals surface area (Å²) in [5, 5.41) is 10.7. The molecule has 0 saturated heterocycles. The van der Waals surface area contributed by atoms with Gasteiger partial charge < -0.3 is 20.1 Å². The van der Waals surface area contributed by atoms with Crippen molar-refractivity contribution in [1.29, 1.82) is 0 Å². The number of para-hydroxylation sites is 1. The number of aromatic nitrogens is 3. The number of methoxy groups -OCH3 is 1. The Kier molecular flexibility index (Phi) is 6.89. The van der Waals surface area contributed by atoms with Gasteiger partial charge in [-0.1, -0.05) is 54.6 Å². The first-order valence-corrected chi connectivity index (χ1v) is 12.1. The van der Waals surface area contributed by atoms with Crippen molar-refractivity contribution in [3.05, 3.63) is 107 Å². The van der Waals surface area contributed by atoms with Crippen LogP contribution in [0.3, 0.4) is 0 Å². The van der Waals surface area contributed by atoms with Gasteiger partial charge in [0, 0.05) is 17.8 Å². The predicted molar refractivity (Wildman–Crippen MR) is 143 cm³/mol. The molecule has 1 unspecified atom stereocenters. The summed E-state index contributed by atoms with van der Waals surface area (Å²) >= 11 is 0. The number of anilines is 2. The van der Waals surface area contributed by atoms with Crippen LogP contribution in [0.1, 0.15) is 29.7 Å². The minimum absolute atomic E-state index is 0.215. The molecule has 2 heterocycles. The summed E-state index contributed by atoms with van der Waals surface area (Å²) in [6.07, 6.45) is 2.26. The van der Waals surface area contributed by atoms with Crippen LogP contribution in [0.2, 0.25) is 0 Å². The highest BCUT2D eigenvalue weighted by atomic mass is 16.5. The molecule has 5 rings (SSSR count). The number of ether oxygens (including phenoxy) is 2. The molecule has 0 radical (unpaired) electrons. The molecule has 1 atom stereocenters. The van der Waals surface area contributed by atoms with Gasteiger partial charge in [0.1, 0.15) is 12.4 Å². The van der Waals surface area contributed by atoms with E-state index in [1.54, 1.807) is 11.8 Å². The van der Waals surface area contributed by atoms with E-state index in [4.69, 9.17) is 9.47 Å². The number of amides is 1. The maximum atomic E-state index is 13.6. The number of aryl methyl sites for hydroxylation is 1. The van der Waals surface area contributed by atoms with Crippen LogP contribution in [0.5, 0.6) is 11.5 Å². The monoisotopic (exact) mass is 495 g/mol. The number of carbonyl (C=O) groups is 1. The molecule has 4 aromatic rings. The van der Waals surface area contributed by atoms with E-state index in [0.717, 1.165) is 23.2 Å². The van der Waals surface area contributed by atoms with Crippen molar-refractivity contribution in [2.75, 3.05) is 24.4 Å². The van der Waals surface area contributed by atoms with Crippen molar-refractivity contribution >= 4 is 17.5 Å². The molecule has 0 bridgehead atoms. The number of carbonyl (C=O) groups excluding carboxylic acids is 1. The van der Waals surface area contributed by atoms with Crippen LogP contribution in [-0.4, -0.2) is 34.4 Å². The van der Waals surface area contributed by atoms with Crippen molar-refractivity contribution in [3.63, 3.8) is 0 Å². The highest BCUT2D eigenvalue weighted by molar-refractivity contribution is 6.06. The van der Waals surface area contributed by atoms with E-state index < -0.39 is 6.04 Å². The van der Waals surface area contributed by atoms with Crippen molar-refractivity contribution in [1.82, 2.24) is 14.8 Å². The SMILES string of the molecule is COc1cc(C2C(C(=O)Nc3ccccc3C)=C(C)Nc3ncnn32)ccc1OCCc1ccccc1. The normalized spacial score (nSPS) is 14.5. The Bertz CT molecular complexity index is 1440. The largest absolute Gasteiger partial charge is 0.493 e. The van der Waals surface area contributed by atoms with Gasteiger partial charge in [0.15, 0.2) is 11.5 Å². The Balaban J connectivity index is 1.44. The summed E-state index contributed by atoms with van der Waals surface area (Å²) in [5.41, 5.74) is 5.02. The van der Waals surface area contributed by atoms with E-state index in [1.165, 1.54) is 11.9 Å². The molecule has 1 aromatic heterocycles. The predicted octanol–water partition coefficient (Wildman–Crippen LogP) is 5.14. The van der Waals surface area contributed by atoms with Gasteiger partial charge in [-0.3, -0.25) is 4.79 Å². The fraction of sp³-hybridized carbons (Fsp3) is 0.207. The molecule has 188 valence electrons. The molecule has 8 heteroatoms. The molecule has 0 aliphatic carbocycles. The second kappa shape index (κ2) is 10.6. The number of fused-ring (bicyclic) bond motifs is 1. The lowest BCUT2D eigenvalue weighted by Crippen LogP contribution is -2.31. The van der Waals surface area contributed by atoms with E-state index in [2.05, 4.69) is 32.8 Å². The first-order valence-electron chi connectivity index (χ1n) is 12.1. The lowest BCUT2D eigenvalue weighted by Gasteiger charge is -2.29. The van der Waals surface area contributed by atoms with Gasteiger partial charge in [0.25, 0.3) is 5.91 Å². The quantitative estimate of drug-likeness (QED) is 0.352. The third kappa shape index (κ3) is 5.04. The standard InChI is InChI=1S/C29H29N5O3/c1-19-9-7-8-12-23(19)33-28(35)26-20(2)32-29-30-18-31-34(29)27(26)22-13-14-24(25(17-22)36-3)37-16-15-21-10-5-4-6-11-21/h4-14,17-18,27H,15-16H2,1-3H3,(H,33,35)(H,30,31,32). The Morgan fingerprint density at radius 2 is 1.81 bits per heavy atom. The summed E-state index contributed by atoms with van der Waals surface area (Å²) in [7, 11) is 1.61. The van der Waals surface area contributed by atoms with Crippen molar-refractivity contribution in [2.24, 2.45) is 0 Å². The number of allylic oxidation sites excluding steroid dienone is 1. The van der Waals surface area contributed by atoms with E-state index in [1.807, 2.05) is 74.5 Å². The van der Waals surface area contributed by atoms with Gasteiger partial charge in [-0.2, -0.15) is 10.1 Å². The molecule has 3 aromatic carbocycles. The Morgan fingerprint density at radius 3 is 2.59 bits per heavy atom. The van der Waals surface area contributed by atoms with Crippen molar-refractivity contribution in [3.8, 4) is 11.5 Å². The molecular formula is C29H29N5O3.